The largest absolute Gasteiger partial charge is 0.352 e. The molecule has 2 heterocycles. The summed E-state index contributed by atoms with van der Waals surface area (Å²) in [5, 5.41) is 9.46. The Bertz CT molecular complexity index is 382. The van der Waals surface area contributed by atoms with Gasteiger partial charge in [-0.25, -0.2) is 0 Å². The van der Waals surface area contributed by atoms with E-state index in [0.29, 0.717) is 5.89 Å². The highest BCUT2D eigenvalue weighted by atomic mass is 16.5. The van der Waals surface area contributed by atoms with E-state index in [2.05, 4.69) is 27.7 Å². The molecule has 1 aromatic rings. The summed E-state index contributed by atoms with van der Waals surface area (Å²) in [5.41, 5.74) is -0.0979. The zero-order valence-electron chi connectivity index (χ0n) is 9.54. The van der Waals surface area contributed by atoms with E-state index >= 15 is 0 Å². The first kappa shape index (κ1) is 11.1. The lowest BCUT2D eigenvalue weighted by Gasteiger charge is -2.20. The predicted molar refractivity (Wildman–Crippen MR) is 57.1 cm³/mol. The molecule has 2 rings (SSSR count). The molecule has 1 unspecified atom stereocenters. The number of carbonyl (C=O) groups is 1. The molecule has 0 aromatic carbocycles. The first-order valence-electron chi connectivity index (χ1n) is 5.49. The molecular formula is C10H16N4O2. The Morgan fingerprint density at radius 2 is 2.50 bits per heavy atom. The second-order valence-corrected chi connectivity index (χ2v) is 4.06. The Kier molecular flexibility index (Phi) is 2.91. The number of nitrogens with zero attached hydrogens (tertiary/aromatic N) is 2. The van der Waals surface area contributed by atoms with E-state index in [1.807, 2.05) is 0 Å². The molecule has 2 N–H and O–H groups in total. The fourth-order valence-corrected chi connectivity index (χ4v) is 2.02. The summed E-state index contributed by atoms with van der Waals surface area (Å²) in [5.74, 6) is 0.364. The van der Waals surface area contributed by atoms with Gasteiger partial charge < -0.3 is 15.2 Å². The Morgan fingerprint density at radius 1 is 1.69 bits per heavy atom. The number of nitrogens with one attached hydrogen (secondary N) is 2. The van der Waals surface area contributed by atoms with Crippen LogP contribution < -0.4 is 10.6 Å². The maximum Gasteiger partial charge on any atom is 0.292 e. The Balaban J connectivity index is 2.26. The first-order chi connectivity index (χ1) is 7.72. The number of hydrogen-bond donors (Lipinski definition) is 2. The Morgan fingerprint density at radius 3 is 3.06 bits per heavy atom. The molecule has 1 atom stereocenters. The average Bonchev–Trinajstić information content (AvgIpc) is 2.96. The number of aromatic nitrogens is 2. The third-order valence-corrected chi connectivity index (χ3v) is 3.23. The van der Waals surface area contributed by atoms with Gasteiger partial charge in [-0.05, 0) is 19.4 Å². The van der Waals surface area contributed by atoms with Crippen molar-refractivity contribution in [1.82, 2.24) is 20.8 Å². The van der Waals surface area contributed by atoms with E-state index in [9.17, 15) is 4.79 Å². The second kappa shape index (κ2) is 4.21. The van der Waals surface area contributed by atoms with Crippen LogP contribution in [0.2, 0.25) is 0 Å². The maximum atomic E-state index is 11.3. The summed E-state index contributed by atoms with van der Waals surface area (Å²) >= 11 is 0. The van der Waals surface area contributed by atoms with Crippen molar-refractivity contribution in [2.45, 2.75) is 25.2 Å². The van der Waals surface area contributed by atoms with Gasteiger partial charge in [0, 0.05) is 13.6 Å². The van der Waals surface area contributed by atoms with Crippen LogP contribution in [0.25, 0.3) is 0 Å². The minimum Gasteiger partial charge on any atom is -0.352 e. The summed E-state index contributed by atoms with van der Waals surface area (Å²) in [4.78, 5) is 15.5. The van der Waals surface area contributed by atoms with Crippen molar-refractivity contribution < 1.29 is 9.32 Å². The monoisotopic (exact) mass is 224 g/mol. The lowest BCUT2D eigenvalue weighted by Crippen LogP contribution is -2.29. The quantitative estimate of drug-likeness (QED) is 0.759. The molecule has 1 fully saturated rings. The van der Waals surface area contributed by atoms with Gasteiger partial charge in [-0.15, -0.1) is 0 Å². The van der Waals surface area contributed by atoms with Crippen LogP contribution in [0.5, 0.6) is 0 Å². The molecule has 6 heteroatoms. The minimum atomic E-state index is -0.313. The molecule has 0 spiro atoms. The van der Waals surface area contributed by atoms with Gasteiger partial charge in [0.2, 0.25) is 5.89 Å². The van der Waals surface area contributed by atoms with E-state index < -0.39 is 0 Å². The van der Waals surface area contributed by atoms with Crippen LogP contribution in [0, 0.1) is 0 Å². The lowest BCUT2D eigenvalue weighted by molar-refractivity contribution is 0.0950. The summed E-state index contributed by atoms with van der Waals surface area (Å²) in [6.45, 7) is 3.88. The van der Waals surface area contributed by atoms with Gasteiger partial charge in [0.25, 0.3) is 11.7 Å². The van der Waals surface area contributed by atoms with Crippen LogP contribution in [-0.4, -0.2) is 36.2 Å². The van der Waals surface area contributed by atoms with Crippen LogP contribution in [0.1, 0.15) is 36.3 Å². The molecule has 88 valence electrons. The number of amides is 1. The fourth-order valence-electron chi connectivity index (χ4n) is 2.02. The van der Waals surface area contributed by atoms with E-state index in [1.165, 1.54) is 0 Å². The smallest absolute Gasteiger partial charge is 0.292 e. The van der Waals surface area contributed by atoms with Crippen molar-refractivity contribution in [3.8, 4) is 0 Å². The molecule has 1 aliphatic rings. The molecule has 16 heavy (non-hydrogen) atoms. The van der Waals surface area contributed by atoms with Gasteiger partial charge in [-0.1, -0.05) is 12.1 Å². The summed E-state index contributed by atoms with van der Waals surface area (Å²) < 4.78 is 5.20. The summed E-state index contributed by atoms with van der Waals surface area (Å²) in [7, 11) is 1.55. The van der Waals surface area contributed by atoms with E-state index in [1.54, 1.807) is 7.05 Å². The van der Waals surface area contributed by atoms with Crippen molar-refractivity contribution in [3.05, 3.63) is 11.7 Å². The molecule has 6 nitrogen and oxygen atoms in total. The summed E-state index contributed by atoms with van der Waals surface area (Å²) in [6.07, 6.45) is 1.90. The molecule has 1 aliphatic heterocycles. The zero-order valence-corrected chi connectivity index (χ0v) is 9.54. The normalized spacial score (nSPS) is 24.6. The van der Waals surface area contributed by atoms with E-state index in [-0.39, 0.29) is 17.1 Å². The van der Waals surface area contributed by atoms with Crippen LogP contribution in [0.15, 0.2) is 4.52 Å². The van der Waals surface area contributed by atoms with Gasteiger partial charge in [0.1, 0.15) is 0 Å². The van der Waals surface area contributed by atoms with Crippen LogP contribution in [-0.2, 0) is 5.41 Å². The van der Waals surface area contributed by atoms with Crippen LogP contribution >= 0.6 is 0 Å². The third kappa shape index (κ3) is 1.69. The third-order valence-electron chi connectivity index (χ3n) is 3.23. The molecule has 1 saturated heterocycles. The molecule has 1 amide bonds. The van der Waals surface area contributed by atoms with Crippen molar-refractivity contribution in [2.75, 3.05) is 20.1 Å². The highest BCUT2D eigenvalue weighted by Gasteiger charge is 2.39. The molecule has 1 aromatic heterocycles. The van der Waals surface area contributed by atoms with Crippen molar-refractivity contribution in [3.63, 3.8) is 0 Å². The highest BCUT2D eigenvalue weighted by Crippen LogP contribution is 2.32. The number of carbonyl (C=O) groups excluding carboxylic acids is 1. The van der Waals surface area contributed by atoms with Gasteiger partial charge >= 0.3 is 0 Å². The SMILES string of the molecule is CCC1(c2nc(C(=O)NC)no2)CCNC1. The zero-order chi connectivity index (χ0) is 11.6. The van der Waals surface area contributed by atoms with Gasteiger partial charge in [0.15, 0.2) is 0 Å². The van der Waals surface area contributed by atoms with E-state index in [4.69, 9.17) is 4.52 Å². The van der Waals surface area contributed by atoms with Gasteiger partial charge in [-0.2, -0.15) is 4.98 Å². The number of hydrogen-bond acceptors (Lipinski definition) is 5. The topological polar surface area (TPSA) is 80.1 Å². The molecule has 0 saturated carbocycles. The van der Waals surface area contributed by atoms with Gasteiger partial charge in [-0.3, -0.25) is 4.79 Å². The highest BCUT2D eigenvalue weighted by molar-refractivity contribution is 5.89. The average molecular weight is 224 g/mol. The van der Waals surface area contributed by atoms with Crippen LogP contribution in [0.3, 0.4) is 0 Å². The minimum absolute atomic E-state index is 0.0979. The van der Waals surface area contributed by atoms with E-state index in [0.717, 1.165) is 25.9 Å². The van der Waals surface area contributed by atoms with Crippen molar-refractivity contribution in [1.29, 1.82) is 0 Å². The molecule has 0 bridgehead atoms. The standard InChI is InChI=1S/C10H16N4O2/c1-3-10(4-5-12-6-10)9-13-7(14-16-9)8(15)11-2/h12H,3-6H2,1-2H3,(H,11,15). The lowest BCUT2D eigenvalue weighted by atomic mass is 9.84. The second-order valence-electron chi connectivity index (χ2n) is 4.06. The van der Waals surface area contributed by atoms with Crippen molar-refractivity contribution >= 4 is 5.91 Å². The Labute approximate surface area is 93.8 Å². The maximum absolute atomic E-state index is 11.3. The van der Waals surface area contributed by atoms with Gasteiger partial charge in [0.05, 0.1) is 5.41 Å². The molecule has 0 aliphatic carbocycles. The summed E-state index contributed by atoms with van der Waals surface area (Å²) in [6, 6.07) is 0. The Hall–Kier alpha value is -1.43. The molecular weight excluding hydrogens is 208 g/mol. The predicted octanol–water partition coefficient (Wildman–Crippen LogP) is 0.0703. The van der Waals surface area contributed by atoms with Crippen LogP contribution in [0.4, 0.5) is 0 Å². The molecule has 0 radical (unpaired) electrons. The number of rotatable bonds is 3. The van der Waals surface area contributed by atoms with Crippen molar-refractivity contribution in [2.24, 2.45) is 0 Å². The first-order valence-corrected chi connectivity index (χ1v) is 5.49. The fraction of sp³-hybridized carbons (Fsp3) is 0.700.